The highest BCUT2D eigenvalue weighted by Crippen LogP contribution is 2.40. The Kier molecular flexibility index (Phi) is 5.54. The fourth-order valence-electron chi connectivity index (χ4n) is 3.78. The molecule has 7 heteroatoms. The Hall–Kier alpha value is -2.67. The van der Waals surface area contributed by atoms with Crippen LogP contribution in [0.3, 0.4) is 0 Å². The third kappa shape index (κ3) is 4.12. The predicted molar refractivity (Wildman–Crippen MR) is 119 cm³/mol. The number of anilines is 2. The first-order valence-electron chi connectivity index (χ1n) is 9.87. The lowest BCUT2D eigenvalue weighted by atomic mass is 9.92. The lowest BCUT2D eigenvalue weighted by Crippen LogP contribution is -2.53. The van der Waals surface area contributed by atoms with Crippen LogP contribution in [0, 0.1) is 5.41 Å². The fourth-order valence-corrected chi connectivity index (χ4v) is 4.41. The van der Waals surface area contributed by atoms with Crippen LogP contribution in [0.2, 0.25) is 0 Å². The van der Waals surface area contributed by atoms with Crippen molar-refractivity contribution in [2.45, 2.75) is 45.6 Å². The Morgan fingerprint density at radius 3 is 2.03 bits per heavy atom. The SMILES string of the molecule is CC(=O)N1c2ccc(-c3ccc(S(C)(=O)=O)cc3)cc2N(C(=O)C(C)(C)C)CC1C. The van der Waals surface area contributed by atoms with Crippen LogP contribution < -0.4 is 9.80 Å². The highest BCUT2D eigenvalue weighted by Gasteiger charge is 2.37. The van der Waals surface area contributed by atoms with E-state index in [0.29, 0.717) is 17.9 Å². The fraction of sp³-hybridized carbons (Fsp3) is 0.391. The summed E-state index contributed by atoms with van der Waals surface area (Å²) in [4.78, 5) is 29.2. The second-order valence-electron chi connectivity index (χ2n) is 8.90. The van der Waals surface area contributed by atoms with Gasteiger partial charge in [-0.15, -0.1) is 0 Å². The number of sulfone groups is 1. The number of carbonyl (C=O) groups is 2. The first-order valence-corrected chi connectivity index (χ1v) is 11.8. The smallest absolute Gasteiger partial charge is 0.232 e. The van der Waals surface area contributed by atoms with Crippen molar-refractivity contribution in [2.75, 3.05) is 22.6 Å². The first-order chi connectivity index (χ1) is 13.8. The van der Waals surface area contributed by atoms with Gasteiger partial charge in [0.15, 0.2) is 9.84 Å². The van der Waals surface area contributed by atoms with Gasteiger partial charge in [0.25, 0.3) is 0 Å². The summed E-state index contributed by atoms with van der Waals surface area (Å²) in [5, 5.41) is 0. The molecule has 2 aromatic rings. The van der Waals surface area contributed by atoms with Gasteiger partial charge < -0.3 is 9.80 Å². The van der Waals surface area contributed by atoms with Crippen molar-refractivity contribution in [3.05, 3.63) is 42.5 Å². The van der Waals surface area contributed by atoms with Crippen LogP contribution in [-0.4, -0.2) is 39.1 Å². The lowest BCUT2D eigenvalue weighted by molar-refractivity contribution is -0.126. The van der Waals surface area contributed by atoms with Crippen molar-refractivity contribution < 1.29 is 18.0 Å². The summed E-state index contributed by atoms with van der Waals surface area (Å²) in [7, 11) is -3.27. The molecule has 0 fully saturated rings. The topological polar surface area (TPSA) is 74.8 Å². The summed E-state index contributed by atoms with van der Waals surface area (Å²) < 4.78 is 23.5. The Bertz CT molecular complexity index is 1100. The van der Waals surface area contributed by atoms with E-state index in [0.717, 1.165) is 11.1 Å². The van der Waals surface area contributed by atoms with Crippen LogP contribution in [0.4, 0.5) is 11.4 Å². The zero-order chi connectivity index (χ0) is 22.4. The molecule has 0 spiro atoms. The molecule has 1 unspecified atom stereocenters. The number of carbonyl (C=O) groups excluding carboxylic acids is 2. The predicted octanol–water partition coefficient (Wildman–Crippen LogP) is 3.89. The molecule has 160 valence electrons. The standard InChI is InChI=1S/C23H28N2O4S/c1-15-14-24(22(27)23(3,4)5)21-13-18(9-12-20(21)25(15)16(2)26)17-7-10-19(11-8-17)30(6,28)29/h7-13,15H,14H2,1-6H3. The number of rotatable bonds is 2. The minimum Gasteiger partial charge on any atom is -0.308 e. The van der Waals surface area contributed by atoms with Gasteiger partial charge in [0.1, 0.15) is 0 Å². The summed E-state index contributed by atoms with van der Waals surface area (Å²) >= 11 is 0. The van der Waals surface area contributed by atoms with Crippen molar-refractivity contribution in [3.63, 3.8) is 0 Å². The molecule has 1 aliphatic heterocycles. The van der Waals surface area contributed by atoms with Gasteiger partial charge in [0.05, 0.1) is 22.3 Å². The van der Waals surface area contributed by atoms with Crippen LogP contribution in [0.15, 0.2) is 47.4 Å². The molecular formula is C23H28N2O4S. The maximum atomic E-state index is 13.2. The summed E-state index contributed by atoms with van der Waals surface area (Å²) in [6.07, 6.45) is 1.18. The molecule has 0 N–H and O–H groups in total. The molecule has 2 aromatic carbocycles. The van der Waals surface area contributed by atoms with Gasteiger partial charge in [-0.25, -0.2) is 8.42 Å². The van der Waals surface area contributed by atoms with Crippen molar-refractivity contribution in [1.29, 1.82) is 0 Å². The second kappa shape index (κ2) is 7.54. The molecule has 0 saturated heterocycles. The molecular weight excluding hydrogens is 400 g/mol. The van der Waals surface area contributed by atoms with Gasteiger partial charge in [0.2, 0.25) is 11.8 Å². The molecule has 0 saturated carbocycles. The van der Waals surface area contributed by atoms with E-state index in [1.54, 1.807) is 34.1 Å². The normalized spacial score (nSPS) is 16.9. The molecule has 1 heterocycles. The molecule has 1 aliphatic rings. The van der Waals surface area contributed by atoms with E-state index < -0.39 is 15.3 Å². The molecule has 3 rings (SSSR count). The van der Waals surface area contributed by atoms with Crippen molar-refractivity contribution in [3.8, 4) is 11.1 Å². The number of hydrogen-bond acceptors (Lipinski definition) is 4. The van der Waals surface area contributed by atoms with Crippen molar-refractivity contribution in [2.24, 2.45) is 5.41 Å². The van der Waals surface area contributed by atoms with E-state index in [2.05, 4.69) is 0 Å². The van der Waals surface area contributed by atoms with Gasteiger partial charge in [-0.1, -0.05) is 39.0 Å². The largest absolute Gasteiger partial charge is 0.308 e. The van der Waals surface area contributed by atoms with Crippen LogP contribution in [0.1, 0.15) is 34.6 Å². The number of hydrogen-bond donors (Lipinski definition) is 0. The highest BCUT2D eigenvalue weighted by atomic mass is 32.2. The molecule has 0 aliphatic carbocycles. The third-order valence-corrected chi connectivity index (χ3v) is 6.38. The summed E-state index contributed by atoms with van der Waals surface area (Å²) in [6.45, 7) is 9.52. The minimum atomic E-state index is -3.27. The van der Waals surface area contributed by atoms with Gasteiger partial charge in [-0.2, -0.15) is 0 Å². The second-order valence-corrected chi connectivity index (χ2v) is 10.9. The van der Waals surface area contributed by atoms with E-state index in [9.17, 15) is 18.0 Å². The van der Waals surface area contributed by atoms with Crippen LogP contribution in [0.5, 0.6) is 0 Å². The van der Waals surface area contributed by atoms with Crippen molar-refractivity contribution >= 4 is 33.0 Å². The number of benzene rings is 2. The third-order valence-electron chi connectivity index (χ3n) is 5.26. The van der Waals surface area contributed by atoms with Gasteiger partial charge in [0, 0.05) is 25.1 Å². The highest BCUT2D eigenvalue weighted by molar-refractivity contribution is 7.90. The maximum absolute atomic E-state index is 13.2. The van der Waals surface area contributed by atoms with Gasteiger partial charge >= 0.3 is 0 Å². The zero-order valence-corrected chi connectivity index (χ0v) is 19.1. The minimum absolute atomic E-state index is 0.0108. The Labute approximate surface area is 178 Å². The van der Waals surface area contributed by atoms with E-state index in [1.807, 2.05) is 45.9 Å². The van der Waals surface area contributed by atoms with Crippen LogP contribution in [-0.2, 0) is 19.4 Å². The van der Waals surface area contributed by atoms with Gasteiger partial charge in [-0.3, -0.25) is 9.59 Å². The summed E-state index contributed by atoms with van der Waals surface area (Å²) in [6, 6.07) is 12.2. The molecule has 0 aromatic heterocycles. The van der Waals surface area contributed by atoms with E-state index in [-0.39, 0.29) is 22.8 Å². The van der Waals surface area contributed by atoms with Crippen molar-refractivity contribution in [1.82, 2.24) is 0 Å². The quantitative estimate of drug-likeness (QED) is 0.727. The summed E-state index contributed by atoms with van der Waals surface area (Å²) in [5.41, 5.74) is 2.51. The lowest BCUT2D eigenvalue weighted by Gasteiger charge is -2.42. The van der Waals surface area contributed by atoms with E-state index in [4.69, 9.17) is 0 Å². The molecule has 6 nitrogen and oxygen atoms in total. The molecule has 1 atom stereocenters. The van der Waals surface area contributed by atoms with Crippen LogP contribution in [0.25, 0.3) is 11.1 Å². The summed E-state index contributed by atoms with van der Waals surface area (Å²) in [5.74, 6) is -0.0831. The first kappa shape index (κ1) is 22.0. The van der Waals surface area contributed by atoms with Gasteiger partial charge in [-0.05, 0) is 42.3 Å². The Morgan fingerprint density at radius 2 is 1.53 bits per heavy atom. The number of nitrogens with zero attached hydrogens (tertiary/aromatic N) is 2. The average molecular weight is 429 g/mol. The monoisotopic (exact) mass is 428 g/mol. The van der Waals surface area contributed by atoms with E-state index in [1.165, 1.54) is 13.2 Å². The molecule has 30 heavy (non-hydrogen) atoms. The average Bonchev–Trinajstić information content (AvgIpc) is 2.64. The number of fused-ring (bicyclic) bond motifs is 1. The van der Waals surface area contributed by atoms with Crippen LogP contribution >= 0.6 is 0 Å². The number of amides is 2. The van der Waals surface area contributed by atoms with E-state index >= 15 is 0 Å². The molecule has 2 amide bonds. The maximum Gasteiger partial charge on any atom is 0.232 e. The zero-order valence-electron chi connectivity index (χ0n) is 18.3. The molecule has 0 bridgehead atoms. The molecule has 0 radical (unpaired) electrons. The Morgan fingerprint density at radius 1 is 0.967 bits per heavy atom. The Balaban J connectivity index is 2.13.